The number of benzene rings is 3. The van der Waals surface area contributed by atoms with Crippen LogP contribution < -0.4 is 0 Å². The number of rotatable bonds is 3. The van der Waals surface area contributed by atoms with Crippen LogP contribution in [0.5, 0.6) is 0 Å². The van der Waals surface area contributed by atoms with Crippen LogP contribution in [-0.4, -0.2) is 16.6 Å². The SMILES string of the molecule is CC(=O)N1[C@H](c2ccccc2)CC(=O)[C@H](c2ccccc2)[C@@H]1c1ccccc1. The van der Waals surface area contributed by atoms with E-state index in [0.29, 0.717) is 6.42 Å². The third-order valence-corrected chi connectivity index (χ3v) is 5.54. The lowest BCUT2D eigenvalue weighted by atomic mass is 9.75. The first-order valence-corrected chi connectivity index (χ1v) is 9.63. The number of amides is 1. The number of nitrogens with zero attached hydrogens (tertiary/aromatic N) is 1. The molecule has 0 aliphatic carbocycles. The summed E-state index contributed by atoms with van der Waals surface area (Å²) in [5, 5.41) is 0. The molecule has 3 aromatic carbocycles. The van der Waals surface area contributed by atoms with Crippen LogP contribution in [0.4, 0.5) is 0 Å². The van der Waals surface area contributed by atoms with E-state index in [1.807, 2.05) is 95.9 Å². The summed E-state index contributed by atoms with van der Waals surface area (Å²) in [4.78, 5) is 28.2. The predicted molar refractivity (Wildman–Crippen MR) is 110 cm³/mol. The Labute approximate surface area is 165 Å². The fraction of sp³-hybridized carbons (Fsp3) is 0.200. The largest absolute Gasteiger partial charge is 0.327 e. The van der Waals surface area contributed by atoms with Crippen molar-refractivity contribution in [2.24, 2.45) is 0 Å². The van der Waals surface area contributed by atoms with E-state index in [-0.39, 0.29) is 29.7 Å². The molecule has 3 nitrogen and oxygen atoms in total. The minimum absolute atomic E-state index is 0.0175. The van der Waals surface area contributed by atoms with E-state index in [2.05, 4.69) is 0 Å². The van der Waals surface area contributed by atoms with Crippen LogP contribution in [0.1, 0.15) is 48.0 Å². The van der Waals surface area contributed by atoms with E-state index >= 15 is 0 Å². The zero-order valence-corrected chi connectivity index (χ0v) is 15.9. The van der Waals surface area contributed by atoms with Gasteiger partial charge in [0.05, 0.1) is 18.0 Å². The predicted octanol–water partition coefficient (Wildman–Crippen LogP) is 5.07. The van der Waals surface area contributed by atoms with E-state index in [4.69, 9.17) is 0 Å². The standard InChI is InChI=1S/C25H23NO2/c1-18(27)26-22(19-11-5-2-6-12-19)17-23(28)24(20-13-7-3-8-14-20)25(26)21-15-9-4-10-16-21/h2-16,22,24-25H,17H2,1H3/t22-,24-,25-/m0/s1. The van der Waals surface area contributed by atoms with Crippen LogP contribution in [0.15, 0.2) is 91.0 Å². The number of ketones is 1. The Morgan fingerprint density at radius 2 is 1.21 bits per heavy atom. The highest BCUT2D eigenvalue weighted by atomic mass is 16.2. The first-order chi connectivity index (χ1) is 13.7. The normalized spacial score (nSPS) is 22.1. The molecule has 3 atom stereocenters. The maximum atomic E-state index is 13.4. The molecule has 4 rings (SSSR count). The highest BCUT2D eigenvalue weighted by Gasteiger charge is 2.45. The molecule has 0 saturated carbocycles. The summed E-state index contributed by atoms with van der Waals surface area (Å²) in [6, 6.07) is 29.0. The Bertz CT molecular complexity index is 954. The maximum absolute atomic E-state index is 13.4. The summed E-state index contributed by atoms with van der Waals surface area (Å²) in [6.07, 6.45) is 0.326. The number of hydrogen-bond donors (Lipinski definition) is 0. The molecule has 1 saturated heterocycles. The topological polar surface area (TPSA) is 37.4 Å². The second kappa shape index (κ2) is 7.81. The van der Waals surface area contributed by atoms with Crippen molar-refractivity contribution in [1.82, 2.24) is 4.90 Å². The molecule has 140 valence electrons. The molecule has 0 spiro atoms. The van der Waals surface area contributed by atoms with Crippen LogP contribution in [0.25, 0.3) is 0 Å². The smallest absolute Gasteiger partial charge is 0.220 e. The van der Waals surface area contributed by atoms with E-state index in [9.17, 15) is 9.59 Å². The van der Waals surface area contributed by atoms with Crippen molar-refractivity contribution < 1.29 is 9.59 Å². The number of Topliss-reactive ketones (excluding diaryl/α,β-unsaturated/α-hetero) is 1. The van der Waals surface area contributed by atoms with Gasteiger partial charge in [-0.25, -0.2) is 0 Å². The van der Waals surface area contributed by atoms with Crippen molar-refractivity contribution in [3.63, 3.8) is 0 Å². The van der Waals surface area contributed by atoms with E-state index < -0.39 is 0 Å². The summed E-state index contributed by atoms with van der Waals surface area (Å²) < 4.78 is 0. The first kappa shape index (κ1) is 18.2. The van der Waals surface area contributed by atoms with Gasteiger partial charge in [0, 0.05) is 13.3 Å². The number of likely N-dealkylation sites (tertiary alicyclic amines) is 1. The number of carbonyl (C=O) groups is 2. The summed E-state index contributed by atoms with van der Waals surface area (Å²) in [7, 11) is 0. The molecule has 1 heterocycles. The van der Waals surface area contributed by atoms with Crippen LogP contribution in [0.3, 0.4) is 0 Å². The van der Waals surface area contributed by atoms with Crippen molar-refractivity contribution in [1.29, 1.82) is 0 Å². The van der Waals surface area contributed by atoms with E-state index in [1.165, 1.54) is 0 Å². The molecular formula is C25H23NO2. The van der Waals surface area contributed by atoms with Crippen molar-refractivity contribution in [3.8, 4) is 0 Å². The molecule has 1 aliphatic heterocycles. The first-order valence-electron chi connectivity index (χ1n) is 9.63. The Balaban J connectivity index is 1.88. The molecule has 1 amide bonds. The zero-order valence-electron chi connectivity index (χ0n) is 15.9. The van der Waals surface area contributed by atoms with Gasteiger partial charge in [-0.1, -0.05) is 91.0 Å². The molecule has 0 unspecified atom stereocenters. The van der Waals surface area contributed by atoms with Gasteiger partial charge in [0.2, 0.25) is 5.91 Å². The average molecular weight is 369 g/mol. The van der Waals surface area contributed by atoms with Crippen molar-refractivity contribution in [2.75, 3.05) is 0 Å². The van der Waals surface area contributed by atoms with Crippen molar-refractivity contribution >= 4 is 11.7 Å². The Morgan fingerprint density at radius 1 is 0.750 bits per heavy atom. The summed E-state index contributed by atoms with van der Waals surface area (Å²) in [5.41, 5.74) is 2.94. The van der Waals surface area contributed by atoms with Crippen LogP contribution >= 0.6 is 0 Å². The molecule has 3 heteroatoms. The quantitative estimate of drug-likeness (QED) is 0.646. The van der Waals surface area contributed by atoms with Gasteiger partial charge in [0.25, 0.3) is 0 Å². The number of carbonyl (C=O) groups excluding carboxylic acids is 2. The van der Waals surface area contributed by atoms with Crippen LogP contribution in [-0.2, 0) is 9.59 Å². The zero-order chi connectivity index (χ0) is 19.5. The van der Waals surface area contributed by atoms with Gasteiger partial charge in [-0.05, 0) is 16.7 Å². The molecule has 0 N–H and O–H groups in total. The van der Waals surface area contributed by atoms with E-state index in [0.717, 1.165) is 16.7 Å². The Kier molecular flexibility index (Phi) is 5.07. The lowest BCUT2D eigenvalue weighted by molar-refractivity contribution is -0.142. The molecule has 0 radical (unpaired) electrons. The fourth-order valence-electron chi connectivity index (χ4n) is 4.35. The lowest BCUT2D eigenvalue weighted by Crippen LogP contribution is -2.46. The second-order valence-corrected chi connectivity index (χ2v) is 7.27. The molecule has 28 heavy (non-hydrogen) atoms. The maximum Gasteiger partial charge on any atom is 0.220 e. The Hall–Kier alpha value is -3.20. The van der Waals surface area contributed by atoms with Crippen LogP contribution in [0, 0.1) is 0 Å². The van der Waals surface area contributed by atoms with Gasteiger partial charge in [-0.15, -0.1) is 0 Å². The minimum atomic E-state index is -0.368. The van der Waals surface area contributed by atoms with Gasteiger partial charge in [0.1, 0.15) is 5.78 Å². The van der Waals surface area contributed by atoms with Gasteiger partial charge in [-0.2, -0.15) is 0 Å². The molecule has 3 aromatic rings. The molecule has 0 bridgehead atoms. The second-order valence-electron chi connectivity index (χ2n) is 7.27. The molecule has 1 fully saturated rings. The van der Waals surface area contributed by atoms with Crippen LogP contribution in [0.2, 0.25) is 0 Å². The lowest BCUT2D eigenvalue weighted by Gasteiger charge is -2.46. The van der Waals surface area contributed by atoms with E-state index in [1.54, 1.807) is 6.92 Å². The Morgan fingerprint density at radius 3 is 1.71 bits per heavy atom. The third kappa shape index (κ3) is 3.36. The molecule has 1 aliphatic rings. The highest BCUT2D eigenvalue weighted by Crippen LogP contribution is 2.47. The fourth-order valence-corrected chi connectivity index (χ4v) is 4.35. The summed E-state index contributed by atoms with van der Waals surface area (Å²) in [6.45, 7) is 1.60. The molecule has 0 aromatic heterocycles. The summed E-state index contributed by atoms with van der Waals surface area (Å²) in [5.74, 6) is -0.213. The van der Waals surface area contributed by atoms with Gasteiger partial charge in [-0.3, -0.25) is 9.59 Å². The third-order valence-electron chi connectivity index (χ3n) is 5.54. The van der Waals surface area contributed by atoms with Crippen molar-refractivity contribution in [3.05, 3.63) is 108 Å². The van der Waals surface area contributed by atoms with Gasteiger partial charge < -0.3 is 4.90 Å². The monoisotopic (exact) mass is 369 g/mol. The number of hydrogen-bond acceptors (Lipinski definition) is 2. The minimum Gasteiger partial charge on any atom is -0.327 e. The number of piperidine rings is 1. The van der Waals surface area contributed by atoms with Gasteiger partial charge >= 0.3 is 0 Å². The average Bonchev–Trinajstić information content (AvgIpc) is 2.74. The van der Waals surface area contributed by atoms with Gasteiger partial charge in [0.15, 0.2) is 0 Å². The molecular weight excluding hydrogens is 346 g/mol. The van der Waals surface area contributed by atoms with Crippen molar-refractivity contribution in [2.45, 2.75) is 31.3 Å². The summed E-state index contributed by atoms with van der Waals surface area (Å²) >= 11 is 0. The highest BCUT2D eigenvalue weighted by molar-refractivity contribution is 5.90.